The highest BCUT2D eigenvalue weighted by molar-refractivity contribution is 7.85. The molecule has 0 saturated heterocycles. The van der Waals surface area contributed by atoms with E-state index in [1.807, 2.05) is 36.4 Å². The van der Waals surface area contributed by atoms with Crippen molar-refractivity contribution in [2.75, 3.05) is 20.0 Å². The molecule has 9 heteroatoms. The summed E-state index contributed by atoms with van der Waals surface area (Å²) in [4.78, 5) is 6.36. The third kappa shape index (κ3) is 8.50. The van der Waals surface area contributed by atoms with Crippen LogP contribution in [-0.4, -0.2) is 50.4 Å². The molecule has 1 fully saturated rings. The predicted octanol–water partition coefficient (Wildman–Crippen LogP) is 6.56. The van der Waals surface area contributed by atoms with Gasteiger partial charge in [0.25, 0.3) is 10.1 Å². The smallest absolute Gasteiger partial charge is 0.264 e. The number of nitrogens with zero attached hydrogens (tertiary/aromatic N) is 2. The van der Waals surface area contributed by atoms with Crippen molar-refractivity contribution in [2.24, 2.45) is 5.92 Å². The lowest BCUT2D eigenvalue weighted by atomic mass is 9.95. The summed E-state index contributed by atoms with van der Waals surface area (Å²) in [6, 6.07) is 16.0. The van der Waals surface area contributed by atoms with Crippen molar-refractivity contribution in [3.63, 3.8) is 0 Å². The Morgan fingerprint density at radius 2 is 1.76 bits per heavy atom. The second-order valence-electron chi connectivity index (χ2n) is 11.4. The molecule has 0 N–H and O–H groups in total. The van der Waals surface area contributed by atoms with E-state index in [0.29, 0.717) is 48.3 Å². The Morgan fingerprint density at radius 1 is 1.02 bits per heavy atom. The molecule has 1 aliphatic rings. The van der Waals surface area contributed by atoms with Crippen molar-refractivity contribution in [1.82, 2.24) is 9.88 Å². The lowest BCUT2D eigenvalue weighted by Gasteiger charge is -2.31. The van der Waals surface area contributed by atoms with Crippen LogP contribution in [0.3, 0.4) is 0 Å². The lowest BCUT2D eigenvalue weighted by molar-refractivity contribution is 0.166. The van der Waals surface area contributed by atoms with Crippen LogP contribution in [0.25, 0.3) is 11.1 Å². The molecule has 3 aromatic rings. The maximum Gasteiger partial charge on any atom is 0.264 e. The van der Waals surface area contributed by atoms with Gasteiger partial charge in [0.1, 0.15) is 18.2 Å². The maximum atomic E-state index is 15.0. The van der Waals surface area contributed by atoms with E-state index in [2.05, 4.69) is 43.6 Å². The molecule has 2 aromatic carbocycles. The predicted molar refractivity (Wildman–Crippen MR) is 159 cm³/mol. The minimum atomic E-state index is -3.51. The number of halogens is 1. The summed E-state index contributed by atoms with van der Waals surface area (Å²) in [5.41, 5.74) is 4.19. The summed E-state index contributed by atoms with van der Waals surface area (Å²) in [5.74, 6) is 1.08. The highest BCUT2D eigenvalue weighted by atomic mass is 32.2. The van der Waals surface area contributed by atoms with Gasteiger partial charge >= 0.3 is 0 Å². The monoisotopic (exact) mass is 584 g/mol. The zero-order valence-corrected chi connectivity index (χ0v) is 25.6. The minimum absolute atomic E-state index is 0.00413. The van der Waals surface area contributed by atoms with Crippen molar-refractivity contribution in [3.8, 4) is 22.8 Å². The summed E-state index contributed by atoms with van der Waals surface area (Å²) >= 11 is 0. The molecule has 4 rings (SSSR count). The van der Waals surface area contributed by atoms with Gasteiger partial charge in [0.15, 0.2) is 0 Å². The first kappa shape index (κ1) is 30.9. The van der Waals surface area contributed by atoms with Crippen LogP contribution in [-0.2, 0) is 27.5 Å². The summed E-state index contributed by atoms with van der Waals surface area (Å²) in [6.07, 6.45) is 4.40. The quantitative estimate of drug-likeness (QED) is 0.199. The highest BCUT2D eigenvalue weighted by Crippen LogP contribution is 2.43. The zero-order valence-electron chi connectivity index (χ0n) is 24.8. The number of benzene rings is 2. The summed E-state index contributed by atoms with van der Waals surface area (Å²) in [7, 11) is -1.99. The average molecular weight is 585 g/mol. The molecule has 1 aromatic heterocycles. The first-order valence-electron chi connectivity index (χ1n) is 14.1. The Morgan fingerprint density at radius 3 is 2.39 bits per heavy atom. The Bertz CT molecular complexity index is 1430. The molecule has 1 atom stereocenters. The van der Waals surface area contributed by atoms with Crippen molar-refractivity contribution in [2.45, 2.75) is 71.7 Å². The molecule has 222 valence electrons. The van der Waals surface area contributed by atoms with E-state index in [1.165, 1.54) is 13.3 Å². The largest absolute Gasteiger partial charge is 0.489 e. The summed E-state index contributed by atoms with van der Waals surface area (Å²) in [5, 5.41) is 0. The second kappa shape index (κ2) is 13.3. The Hall–Kier alpha value is -3.01. The molecule has 7 nitrogen and oxygen atoms in total. The van der Waals surface area contributed by atoms with E-state index < -0.39 is 15.9 Å². The van der Waals surface area contributed by atoms with E-state index >= 15 is 0 Å². The molecule has 1 aliphatic carbocycles. The van der Waals surface area contributed by atoms with Gasteiger partial charge in [-0.3, -0.25) is 9.08 Å². The van der Waals surface area contributed by atoms with Gasteiger partial charge in [-0.25, -0.2) is 9.37 Å². The topological polar surface area (TPSA) is 78.0 Å². The fourth-order valence-corrected chi connectivity index (χ4v) is 5.62. The third-order valence-corrected chi connectivity index (χ3v) is 8.09. The van der Waals surface area contributed by atoms with Crippen LogP contribution in [0.4, 0.5) is 4.39 Å². The molecule has 0 radical (unpaired) electrons. The first-order chi connectivity index (χ1) is 19.4. The Balaban J connectivity index is 1.59. The second-order valence-corrected chi connectivity index (χ2v) is 13.0. The molecule has 0 aliphatic heterocycles. The van der Waals surface area contributed by atoms with E-state index in [0.717, 1.165) is 41.4 Å². The standard InChI is InChI=1S/C32H41FN2O5S/c1-21(2)35(22(3)4)18-26-14-23(10-13-28(26)29-16-32(38-5)34-17-31(29)33)19-39-27-9-7-8-25(15-27)30(24-11-12-24)20-40-41(6,36)37/h7-10,13-17,21-22,24,30H,11-12,18-20H2,1-6H3. The van der Waals surface area contributed by atoms with Crippen LogP contribution in [0.5, 0.6) is 11.6 Å². The fourth-order valence-electron chi connectivity index (χ4n) is 5.23. The molecular weight excluding hydrogens is 543 g/mol. The van der Waals surface area contributed by atoms with Crippen molar-refractivity contribution >= 4 is 10.1 Å². The van der Waals surface area contributed by atoms with Gasteiger partial charge in [-0.2, -0.15) is 8.42 Å². The molecule has 1 saturated carbocycles. The maximum absolute atomic E-state index is 15.0. The molecule has 1 heterocycles. The summed E-state index contributed by atoms with van der Waals surface area (Å²) < 4.78 is 54.8. The van der Waals surface area contributed by atoms with Crippen LogP contribution >= 0.6 is 0 Å². The van der Waals surface area contributed by atoms with Gasteiger partial charge in [-0.05, 0) is 80.8 Å². The number of hydrogen-bond acceptors (Lipinski definition) is 7. The van der Waals surface area contributed by atoms with Crippen LogP contribution in [0.2, 0.25) is 0 Å². The summed E-state index contributed by atoms with van der Waals surface area (Å²) in [6.45, 7) is 9.74. The normalized spacial score (nSPS) is 14.6. The Labute approximate surface area is 243 Å². The highest BCUT2D eigenvalue weighted by Gasteiger charge is 2.33. The first-order valence-corrected chi connectivity index (χ1v) is 15.9. The molecule has 0 bridgehead atoms. The third-order valence-electron chi connectivity index (χ3n) is 7.52. The van der Waals surface area contributed by atoms with E-state index in [4.69, 9.17) is 13.7 Å². The number of aromatic nitrogens is 1. The number of ether oxygens (including phenoxy) is 2. The van der Waals surface area contributed by atoms with Crippen LogP contribution in [0, 0.1) is 11.7 Å². The van der Waals surface area contributed by atoms with E-state index in [9.17, 15) is 12.8 Å². The van der Waals surface area contributed by atoms with Crippen molar-refractivity contribution < 1.29 is 26.5 Å². The van der Waals surface area contributed by atoms with E-state index in [1.54, 1.807) is 6.07 Å². The zero-order chi connectivity index (χ0) is 29.7. The van der Waals surface area contributed by atoms with Gasteiger partial charge in [-0.15, -0.1) is 0 Å². The minimum Gasteiger partial charge on any atom is -0.489 e. The molecule has 0 spiro atoms. The number of methoxy groups -OCH3 is 1. The van der Waals surface area contributed by atoms with Crippen LogP contribution in [0.1, 0.15) is 63.1 Å². The van der Waals surface area contributed by atoms with Gasteiger partial charge in [0.2, 0.25) is 5.88 Å². The molecular formula is C32H41FN2O5S. The van der Waals surface area contributed by atoms with Gasteiger partial charge in [0, 0.05) is 36.2 Å². The number of pyridine rings is 1. The average Bonchev–Trinajstić information content (AvgIpc) is 3.76. The fraction of sp³-hybridized carbons (Fsp3) is 0.469. The van der Waals surface area contributed by atoms with Gasteiger partial charge in [0.05, 0.1) is 26.2 Å². The van der Waals surface area contributed by atoms with Gasteiger partial charge in [-0.1, -0.05) is 30.3 Å². The number of rotatable bonds is 14. The van der Waals surface area contributed by atoms with Crippen molar-refractivity contribution in [3.05, 3.63) is 77.2 Å². The SMILES string of the molecule is COc1cc(-c2ccc(COc3cccc(C(COS(C)(=O)=O)C4CC4)c3)cc2CN(C(C)C)C(C)C)c(F)cn1. The number of hydrogen-bond donors (Lipinski definition) is 0. The van der Waals surface area contributed by atoms with E-state index in [-0.39, 0.29) is 12.5 Å². The van der Waals surface area contributed by atoms with Crippen LogP contribution < -0.4 is 9.47 Å². The lowest BCUT2D eigenvalue weighted by Crippen LogP contribution is -2.36. The molecule has 41 heavy (non-hydrogen) atoms. The van der Waals surface area contributed by atoms with Crippen LogP contribution in [0.15, 0.2) is 54.7 Å². The van der Waals surface area contributed by atoms with Crippen molar-refractivity contribution in [1.29, 1.82) is 0 Å². The Kier molecular flexibility index (Phi) is 10.0. The molecule has 0 amide bonds. The molecule has 1 unspecified atom stereocenters. The van der Waals surface area contributed by atoms with Gasteiger partial charge < -0.3 is 9.47 Å².